The lowest BCUT2D eigenvalue weighted by molar-refractivity contribution is 0.217. The minimum absolute atomic E-state index is 0.134. The minimum atomic E-state index is -1.35. The smallest absolute Gasteiger partial charge is 0.150 e. The molecule has 1 aliphatic heterocycles. The Balaban J connectivity index is 0. The largest absolute Gasteiger partial charge is 0.363 e. The molecule has 20 heavy (non-hydrogen) atoms. The Bertz CT molecular complexity index is 262. The molecule has 0 bridgehead atoms. The molecule has 0 radical (unpaired) electrons. The highest BCUT2D eigenvalue weighted by Gasteiger charge is 2.32. The highest BCUT2D eigenvalue weighted by Crippen LogP contribution is 2.19. The highest BCUT2D eigenvalue weighted by molar-refractivity contribution is 5.00. The van der Waals surface area contributed by atoms with Crippen molar-refractivity contribution in [2.45, 2.75) is 73.1 Å². The first-order chi connectivity index (χ1) is 9.46. The molecule has 0 spiro atoms. The van der Waals surface area contributed by atoms with Crippen LogP contribution in [0, 0.1) is 5.92 Å². The van der Waals surface area contributed by atoms with Gasteiger partial charge in [0.1, 0.15) is 0 Å². The Kier molecular flexibility index (Phi) is 14.2. The van der Waals surface area contributed by atoms with Crippen LogP contribution in [0.3, 0.4) is 0 Å². The topological polar surface area (TPSA) is 3.24 Å². The molecule has 0 aromatic carbocycles. The zero-order valence-electron chi connectivity index (χ0n) is 14.2. The average molecular weight is 289 g/mol. The van der Waals surface area contributed by atoms with Gasteiger partial charge in [-0.05, 0) is 12.8 Å². The van der Waals surface area contributed by atoms with Crippen molar-refractivity contribution in [1.29, 1.82) is 0 Å². The summed E-state index contributed by atoms with van der Waals surface area (Å²) in [6, 6.07) is 0. The summed E-state index contributed by atoms with van der Waals surface area (Å²) < 4.78 is 25.2. The first kappa shape index (κ1) is 21.5. The van der Waals surface area contributed by atoms with E-state index in [0.717, 1.165) is 5.92 Å². The molecule has 3 unspecified atom stereocenters. The van der Waals surface area contributed by atoms with Gasteiger partial charge in [-0.1, -0.05) is 60.5 Å². The molecule has 1 saturated heterocycles. The summed E-state index contributed by atoms with van der Waals surface area (Å²) in [4.78, 5) is 1.61. The number of likely N-dealkylation sites (tertiary alicyclic amines) is 1. The number of hydrogen-bond acceptors (Lipinski definition) is 1. The van der Waals surface area contributed by atoms with Crippen LogP contribution in [0.15, 0.2) is 18.0 Å². The minimum Gasteiger partial charge on any atom is -0.363 e. The number of alkyl halides is 2. The zero-order valence-corrected chi connectivity index (χ0v) is 14.2. The van der Waals surface area contributed by atoms with Crippen LogP contribution in [0.4, 0.5) is 8.78 Å². The second kappa shape index (κ2) is 13.2. The molecular formula is C17H33F2N. The third kappa shape index (κ3) is 9.14. The second-order valence-corrected chi connectivity index (χ2v) is 5.00. The van der Waals surface area contributed by atoms with E-state index >= 15 is 0 Å². The number of halogens is 2. The van der Waals surface area contributed by atoms with E-state index in [1.54, 1.807) is 11.8 Å². The molecule has 1 aliphatic rings. The molecule has 0 aromatic rings. The maximum Gasteiger partial charge on any atom is 0.150 e. The van der Waals surface area contributed by atoms with Gasteiger partial charge in [0.2, 0.25) is 0 Å². The third-order valence-corrected chi connectivity index (χ3v) is 3.39. The van der Waals surface area contributed by atoms with E-state index in [1.807, 2.05) is 13.8 Å². The summed E-state index contributed by atoms with van der Waals surface area (Å²) in [7, 11) is 0. The Morgan fingerprint density at radius 1 is 1.25 bits per heavy atom. The van der Waals surface area contributed by atoms with E-state index in [1.165, 1.54) is 19.3 Å². The van der Waals surface area contributed by atoms with Crippen LogP contribution in [0.25, 0.3) is 0 Å². The quantitative estimate of drug-likeness (QED) is 0.615. The lowest BCUT2D eigenvalue weighted by atomic mass is 10.0. The fraction of sp³-hybridized carbons (Fsp3) is 0.824. The van der Waals surface area contributed by atoms with Gasteiger partial charge >= 0.3 is 0 Å². The van der Waals surface area contributed by atoms with Crippen LogP contribution in [0.2, 0.25) is 0 Å². The Morgan fingerprint density at radius 2 is 1.70 bits per heavy atom. The van der Waals surface area contributed by atoms with E-state index in [-0.39, 0.29) is 13.1 Å². The van der Waals surface area contributed by atoms with Crippen LogP contribution < -0.4 is 0 Å². The van der Waals surface area contributed by atoms with Gasteiger partial charge in [0.25, 0.3) is 0 Å². The van der Waals surface area contributed by atoms with E-state index in [9.17, 15) is 8.78 Å². The molecule has 0 aliphatic carbocycles. The molecule has 0 N–H and O–H groups in total. The van der Waals surface area contributed by atoms with Gasteiger partial charge < -0.3 is 4.90 Å². The SMILES string of the molecule is C=C=C(C)N1CC(F)C(F)C1.CC.CCCC(C)CC. The van der Waals surface area contributed by atoms with Gasteiger partial charge in [-0.2, -0.15) is 0 Å². The molecule has 0 saturated carbocycles. The summed E-state index contributed by atoms with van der Waals surface area (Å²) in [6.07, 6.45) is 1.39. The highest BCUT2D eigenvalue weighted by atomic mass is 19.2. The third-order valence-electron chi connectivity index (χ3n) is 3.39. The number of nitrogens with zero attached hydrogens (tertiary/aromatic N) is 1. The molecule has 1 nitrogen and oxygen atoms in total. The molecule has 1 fully saturated rings. The molecular weight excluding hydrogens is 256 g/mol. The second-order valence-electron chi connectivity index (χ2n) is 5.00. The standard InChI is InChI=1S/C8H11F2N.C7H16.C2H6/c1-3-6(2)11-4-7(9)8(10)5-11;1-4-6-7(3)5-2;1-2/h7-8H,1,4-5H2,2H3;7H,4-6H2,1-3H3;1-2H3. The molecule has 1 rings (SSSR count). The van der Waals surface area contributed by atoms with Gasteiger partial charge in [0.05, 0.1) is 18.8 Å². The lowest BCUT2D eigenvalue weighted by Gasteiger charge is -2.14. The molecule has 1 heterocycles. The predicted octanol–water partition coefficient (Wildman–Crippen LogP) is 5.53. The normalized spacial score (nSPS) is 21.9. The van der Waals surface area contributed by atoms with Gasteiger partial charge in [0, 0.05) is 0 Å². The monoisotopic (exact) mass is 289 g/mol. The molecule has 3 heteroatoms. The van der Waals surface area contributed by atoms with Crippen LogP contribution in [-0.2, 0) is 0 Å². The van der Waals surface area contributed by atoms with Gasteiger partial charge in [-0.25, -0.2) is 8.78 Å². The van der Waals surface area contributed by atoms with Gasteiger partial charge in [0.15, 0.2) is 12.3 Å². The van der Waals surface area contributed by atoms with Crippen molar-refractivity contribution in [2.24, 2.45) is 5.92 Å². The Labute approximate surface area is 124 Å². The lowest BCUT2D eigenvalue weighted by Crippen LogP contribution is -2.18. The fourth-order valence-corrected chi connectivity index (χ4v) is 1.81. The zero-order chi connectivity index (χ0) is 16.1. The van der Waals surface area contributed by atoms with Crippen LogP contribution in [0.1, 0.15) is 60.8 Å². The van der Waals surface area contributed by atoms with Crippen molar-refractivity contribution >= 4 is 0 Å². The molecule has 3 atom stereocenters. The van der Waals surface area contributed by atoms with Crippen LogP contribution in [-0.4, -0.2) is 30.3 Å². The van der Waals surface area contributed by atoms with Crippen molar-refractivity contribution in [2.75, 3.05) is 13.1 Å². The van der Waals surface area contributed by atoms with E-state index in [2.05, 4.69) is 33.1 Å². The maximum absolute atomic E-state index is 12.6. The fourth-order valence-electron chi connectivity index (χ4n) is 1.81. The van der Waals surface area contributed by atoms with Crippen molar-refractivity contribution < 1.29 is 8.78 Å². The van der Waals surface area contributed by atoms with Crippen molar-refractivity contribution in [3.63, 3.8) is 0 Å². The number of allylic oxidation sites excluding steroid dienone is 1. The van der Waals surface area contributed by atoms with Gasteiger partial charge in [-0.3, -0.25) is 0 Å². The van der Waals surface area contributed by atoms with Crippen LogP contribution >= 0.6 is 0 Å². The van der Waals surface area contributed by atoms with E-state index < -0.39 is 12.3 Å². The first-order valence-corrected chi connectivity index (χ1v) is 7.85. The van der Waals surface area contributed by atoms with E-state index in [0.29, 0.717) is 5.70 Å². The maximum atomic E-state index is 12.6. The Morgan fingerprint density at radius 3 is 1.95 bits per heavy atom. The molecule has 0 aromatic heterocycles. The van der Waals surface area contributed by atoms with Crippen molar-refractivity contribution in [3.8, 4) is 0 Å². The summed E-state index contributed by atoms with van der Waals surface area (Å²) in [5.41, 5.74) is 3.32. The summed E-state index contributed by atoms with van der Waals surface area (Å²) in [5, 5.41) is 0. The molecule has 0 amide bonds. The predicted molar refractivity (Wildman–Crippen MR) is 85.4 cm³/mol. The summed E-state index contributed by atoms with van der Waals surface area (Å²) in [5.74, 6) is 0.949. The molecule has 120 valence electrons. The van der Waals surface area contributed by atoms with E-state index in [4.69, 9.17) is 0 Å². The first-order valence-electron chi connectivity index (χ1n) is 7.85. The summed E-state index contributed by atoms with van der Waals surface area (Å²) in [6.45, 7) is 16.2. The summed E-state index contributed by atoms with van der Waals surface area (Å²) >= 11 is 0. The Hall–Kier alpha value is -0.820. The van der Waals surface area contributed by atoms with Crippen LogP contribution in [0.5, 0.6) is 0 Å². The van der Waals surface area contributed by atoms with Crippen molar-refractivity contribution in [3.05, 3.63) is 18.0 Å². The van der Waals surface area contributed by atoms with Crippen molar-refractivity contribution in [1.82, 2.24) is 4.90 Å². The number of rotatable bonds is 4. The average Bonchev–Trinajstić information content (AvgIpc) is 2.81. The number of hydrogen-bond donors (Lipinski definition) is 0. The van der Waals surface area contributed by atoms with Gasteiger partial charge in [-0.15, -0.1) is 5.73 Å².